The fourth-order valence-corrected chi connectivity index (χ4v) is 2.10. The highest BCUT2D eigenvalue weighted by molar-refractivity contribution is 6.60. The summed E-state index contributed by atoms with van der Waals surface area (Å²) in [7, 11) is -0.291. The average molecular weight is 265 g/mol. The molecule has 0 aliphatic carbocycles. The molecule has 1 saturated heterocycles. The molecular formula is C12H16BNO5. The van der Waals surface area contributed by atoms with Crippen LogP contribution in [0.25, 0.3) is 0 Å². The molecular weight excluding hydrogens is 249 g/mol. The van der Waals surface area contributed by atoms with Crippen molar-refractivity contribution in [1.29, 1.82) is 0 Å². The molecule has 19 heavy (non-hydrogen) atoms. The molecule has 7 heteroatoms. The minimum atomic E-state index is -1.68. The number of Topliss-reactive ketones (excluding diaryl/α,β-unsaturated/α-hetero) is 1. The van der Waals surface area contributed by atoms with Gasteiger partial charge in [0.2, 0.25) is 0 Å². The van der Waals surface area contributed by atoms with E-state index in [0.29, 0.717) is 25.3 Å². The largest absolute Gasteiger partial charge is 0.496 e. The number of carbonyl (C=O) groups excluding carboxylic acids is 1. The molecule has 1 aliphatic heterocycles. The summed E-state index contributed by atoms with van der Waals surface area (Å²) in [5.74, 6) is 0.00826. The van der Waals surface area contributed by atoms with E-state index >= 15 is 0 Å². The number of rotatable bonds is 4. The summed E-state index contributed by atoms with van der Waals surface area (Å²) in [6, 6.07) is 4.26. The first-order valence-electron chi connectivity index (χ1n) is 6.03. The number of ether oxygens (including phenoxy) is 2. The van der Waals surface area contributed by atoms with Gasteiger partial charge in [-0.25, -0.2) is 0 Å². The lowest BCUT2D eigenvalue weighted by Gasteiger charge is -2.23. The first-order valence-corrected chi connectivity index (χ1v) is 6.03. The third kappa shape index (κ3) is 2.95. The van der Waals surface area contributed by atoms with Crippen LogP contribution in [0.3, 0.4) is 0 Å². The monoisotopic (exact) mass is 265 g/mol. The van der Waals surface area contributed by atoms with Gasteiger partial charge in [-0.3, -0.25) is 4.79 Å². The van der Waals surface area contributed by atoms with Crippen LogP contribution in [0.15, 0.2) is 18.2 Å². The van der Waals surface area contributed by atoms with Crippen molar-refractivity contribution in [1.82, 2.24) is 5.32 Å². The van der Waals surface area contributed by atoms with Gasteiger partial charge in [0.1, 0.15) is 5.75 Å². The molecule has 0 radical (unpaired) electrons. The molecule has 1 atom stereocenters. The minimum absolute atomic E-state index is 0.171. The van der Waals surface area contributed by atoms with E-state index in [1.807, 2.05) is 0 Å². The molecule has 6 nitrogen and oxygen atoms in total. The van der Waals surface area contributed by atoms with Crippen LogP contribution >= 0.6 is 0 Å². The number of para-hydroxylation sites is 1. The topological polar surface area (TPSA) is 88.0 Å². The summed E-state index contributed by atoms with van der Waals surface area (Å²) in [5, 5.41) is 21.6. The first-order chi connectivity index (χ1) is 9.15. The van der Waals surface area contributed by atoms with Crippen molar-refractivity contribution in [2.45, 2.75) is 6.04 Å². The summed E-state index contributed by atoms with van der Waals surface area (Å²) in [6.07, 6.45) is 0. The zero-order valence-corrected chi connectivity index (χ0v) is 10.6. The Morgan fingerprint density at radius 3 is 2.89 bits per heavy atom. The van der Waals surface area contributed by atoms with E-state index < -0.39 is 13.2 Å². The number of morpholine rings is 1. The Labute approximate surface area is 111 Å². The zero-order chi connectivity index (χ0) is 13.8. The predicted octanol–water partition coefficient (Wildman–Crippen LogP) is -1.45. The van der Waals surface area contributed by atoms with Crippen molar-refractivity contribution in [3.05, 3.63) is 23.8 Å². The molecule has 2 rings (SSSR count). The number of carbonyl (C=O) groups is 1. The second kappa shape index (κ2) is 6.16. The zero-order valence-electron chi connectivity index (χ0n) is 10.6. The van der Waals surface area contributed by atoms with Gasteiger partial charge in [-0.2, -0.15) is 0 Å². The standard InChI is InChI=1S/C12H16BNO5/c1-18-12-8(3-2-4-9(12)13(16)17)11(15)10-7-19-6-5-14-10/h2-4,10,14,16-17H,5-7H2,1H3. The SMILES string of the molecule is COc1c(B(O)O)cccc1C(=O)C1COCCN1. The minimum Gasteiger partial charge on any atom is -0.496 e. The van der Waals surface area contributed by atoms with Crippen LogP contribution in [0.4, 0.5) is 0 Å². The average Bonchev–Trinajstić information content (AvgIpc) is 2.46. The highest BCUT2D eigenvalue weighted by Gasteiger charge is 2.28. The van der Waals surface area contributed by atoms with Crippen LogP contribution in [-0.2, 0) is 4.74 Å². The maximum atomic E-state index is 12.4. The number of nitrogens with one attached hydrogen (secondary N) is 1. The van der Waals surface area contributed by atoms with E-state index in [-0.39, 0.29) is 17.0 Å². The van der Waals surface area contributed by atoms with Crippen LogP contribution in [0.1, 0.15) is 10.4 Å². The molecule has 1 aliphatic rings. The van der Waals surface area contributed by atoms with Crippen molar-refractivity contribution in [2.75, 3.05) is 26.9 Å². The highest BCUT2D eigenvalue weighted by atomic mass is 16.5. The Hall–Kier alpha value is -1.41. The summed E-state index contributed by atoms with van der Waals surface area (Å²) in [5.41, 5.74) is 0.487. The van der Waals surface area contributed by atoms with E-state index in [2.05, 4.69) is 5.32 Å². The van der Waals surface area contributed by atoms with Crippen molar-refractivity contribution >= 4 is 18.4 Å². The molecule has 102 valence electrons. The van der Waals surface area contributed by atoms with Gasteiger partial charge in [0.15, 0.2) is 5.78 Å². The second-order valence-electron chi connectivity index (χ2n) is 4.25. The molecule has 0 bridgehead atoms. The van der Waals surface area contributed by atoms with Crippen LogP contribution in [0.5, 0.6) is 5.75 Å². The second-order valence-corrected chi connectivity index (χ2v) is 4.25. The highest BCUT2D eigenvalue weighted by Crippen LogP contribution is 2.18. The maximum absolute atomic E-state index is 12.4. The van der Waals surface area contributed by atoms with E-state index in [1.54, 1.807) is 12.1 Å². The summed E-state index contributed by atoms with van der Waals surface area (Å²) >= 11 is 0. The van der Waals surface area contributed by atoms with Crippen LogP contribution < -0.4 is 15.5 Å². The Morgan fingerprint density at radius 2 is 2.32 bits per heavy atom. The van der Waals surface area contributed by atoms with Gasteiger partial charge in [-0.15, -0.1) is 0 Å². The van der Waals surface area contributed by atoms with Crippen molar-refractivity contribution < 1.29 is 24.3 Å². The summed E-state index contributed by atoms with van der Waals surface area (Å²) < 4.78 is 10.4. The van der Waals surface area contributed by atoms with Gasteiger partial charge in [-0.05, 0) is 6.07 Å². The third-order valence-electron chi connectivity index (χ3n) is 3.03. The number of hydrogen-bond acceptors (Lipinski definition) is 6. The van der Waals surface area contributed by atoms with Gasteiger partial charge >= 0.3 is 7.12 Å². The molecule has 1 fully saturated rings. The summed E-state index contributed by atoms with van der Waals surface area (Å²) in [4.78, 5) is 12.4. The molecule has 0 spiro atoms. The molecule has 1 aromatic rings. The van der Waals surface area contributed by atoms with E-state index in [1.165, 1.54) is 13.2 Å². The number of benzene rings is 1. The van der Waals surface area contributed by atoms with Crippen molar-refractivity contribution in [2.24, 2.45) is 0 Å². The molecule has 3 N–H and O–H groups in total. The van der Waals surface area contributed by atoms with Crippen LogP contribution in [0.2, 0.25) is 0 Å². The van der Waals surface area contributed by atoms with Crippen molar-refractivity contribution in [3.63, 3.8) is 0 Å². The lowest BCUT2D eigenvalue weighted by Crippen LogP contribution is -2.47. The van der Waals surface area contributed by atoms with Gasteiger partial charge in [-0.1, -0.05) is 12.1 Å². The first kappa shape index (κ1) is 14.0. The smallest absolute Gasteiger partial charge is 0.492 e. The Morgan fingerprint density at radius 1 is 1.53 bits per heavy atom. The molecule has 0 amide bonds. The van der Waals surface area contributed by atoms with E-state index in [4.69, 9.17) is 9.47 Å². The Bertz CT molecular complexity index is 459. The van der Waals surface area contributed by atoms with Crippen molar-refractivity contribution in [3.8, 4) is 5.75 Å². The quantitative estimate of drug-likeness (QED) is 0.456. The summed E-state index contributed by atoms with van der Waals surface area (Å²) in [6.45, 7) is 1.49. The van der Waals surface area contributed by atoms with E-state index in [0.717, 1.165) is 0 Å². The fourth-order valence-electron chi connectivity index (χ4n) is 2.10. The molecule has 0 aromatic heterocycles. The van der Waals surface area contributed by atoms with Gasteiger partial charge in [0, 0.05) is 12.0 Å². The van der Waals surface area contributed by atoms with Gasteiger partial charge < -0.3 is 24.8 Å². The lowest BCUT2D eigenvalue weighted by atomic mass is 9.78. The Kier molecular flexibility index (Phi) is 4.54. The van der Waals surface area contributed by atoms with Crippen LogP contribution in [-0.4, -0.2) is 55.9 Å². The predicted molar refractivity (Wildman–Crippen MR) is 69.8 cm³/mol. The van der Waals surface area contributed by atoms with Gasteiger partial charge in [0.05, 0.1) is 31.9 Å². The van der Waals surface area contributed by atoms with Gasteiger partial charge in [0.25, 0.3) is 0 Å². The molecule has 0 saturated carbocycles. The van der Waals surface area contributed by atoms with E-state index in [9.17, 15) is 14.8 Å². The number of hydrogen-bond donors (Lipinski definition) is 3. The Balaban J connectivity index is 2.32. The fraction of sp³-hybridized carbons (Fsp3) is 0.417. The third-order valence-corrected chi connectivity index (χ3v) is 3.03. The lowest BCUT2D eigenvalue weighted by molar-refractivity contribution is 0.0606. The molecule has 1 unspecified atom stereocenters. The normalized spacial score (nSPS) is 19.0. The molecule has 1 aromatic carbocycles. The molecule has 1 heterocycles. The number of methoxy groups -OCH3 is 1. The van der Waals surface area contributed by atoms with Crippen LogP contribution in [0, 0.1) is 0 Å². The number of ketones is 1. The maximum Gasteiger partial charge on any atom is 0.492 e.